The van der Waals surface area contributed by atoms with Gasteiger partial charge in [0.2, 0.25) is 0 Å². The second kappa shape index (κ2) is 10.1. The highest BCUT2D eigenvalue weighted by Crippen LogP contribution is 2.46. The van der Waals surface area contributed by atoms with Gasteiger partial charge in [0, 0.05) is 38.8 Å². The molecule has 0 radical (unpaired) electrons. The van der Waals surface area contributed by atoms with Crippen molar-refractivity contribution in [2.45, 2.75) is 62.9 Å². The summed E-state index contributed by atoms with van der Waals surface area (Å²) < 4.78 is 0. The predicted molar refractivity (Wildman–Crippen MR) is 124 cm³/mol. The number of aliphatic imine (C=N–C) groups is 1. The normalized spacial score (nSPS) is 27.2. The molecule has 2 unspecified atom stereocenters. The average molecular weight is 482 g/mol. The number of hydrogen-bond acceptors (Lipinski definition) is 2. The van der Waals surface area contributed by atoms with Crippen LogP contribution in [0.1, 0.15) is 56.4 Å². The summed E-state index contributed by atoms with van der Waals surface area (Å²) in [5.74, 6) is 2.47. The zero-order chi connectivity index (χ0) is 17.8. The first-order valence-electron chi connectivity index (χ1n) is 10.6. The van der Waals surface area contributed by atoms with Gasteiger partial charge >= 0.3 is 0 Å². The summed E-state index contributed by atoms with van der Waals surface area (Å²) >= 11 is 0. The summed E-state index contributed by atoms with van der Waals surface area (Å²) in [4.78, 5) is 7.19. The van der Waals surface area contributed by atoms with Gasteiger partial charge in [-0.2, -0.15) is 0 Å². The van der Waals surface area contributed by atoms with E-state index >= 15 is 0 Å². The monoisotopic (exact) mass is 482 g/mol. The summed E-state index contributed by atoms with van der Waals surface area (Å²) in [6.07, 6.45) is 9.50. The Morgan fingerprint density at radius 3 is 2.44 bits per heavy atom. The van der Waals surface area contributed by atoms with Gasteiger partial charge in [0.15, 0.2) is 5.96 Å². The van der Waals surface area contributed by atoms with Gasteiger partial charge in [-0.05, 0) is 49.5 Å². The lowest BCUT2D eigenvalue weighted by Gasteiger charge is -2.36. The van der Waals surface area contributed by atoms with Crippen molar-refractivity contribution in [3.63, 3.8) is 0 Å². The molecule has 0 amide bonds. The van der Waals surface area contributed by atoms with Crippen molar-refractivity contribution in [3.05, 3.63) is 35.9 Å². The van der Waals surface area contributed by atoms with Crippen molar-refractivity contribution < 1.29 is 0 Å². The van der Waals surface area contributed by atoms with Gasteiger partial charge in [-0.25, -0.2) is 0 Å². The number of rotatable bonds is 5. The Hall–Kier alpha value is -0.820. The number of benzene rings is 1. The highest BCUT2D eigenvalue weighted by molar-refractivity contribution is 14.0. The van der Waals surface area contributed by atoms with Gasteiger partial charge < -0.3 is 15.5 Å². The number of guanidine groups is 1. The van der Waals surface area contributed by atoms with Gasteiger partial charge in [0.25, 0.3) is 0 Å². The lowest BCUT2D eigenvalue weighted by molar-refractivity contribution is 0.150. The first kappa shape index (κ1) is 20.9. The molecule has 2 N–H and O–H groups in total. The first-order valence-corrected chi connectivity index (χ1v) is 10.6. The molecule has 2 saturated carbocycles. The lowest BCUT2D eigenvalue weighted by atomic mass is 10.0. The number of nitrogens with zero attached hydrogens (tertiary/aromatic N) is 2. The van der Waals surface area contributed by atoms with Crippen LogP contribution in [0.25, 0.3) is 0 Å². The largest absolute Gasteiger partial charge is 0.356 e. The third-order valence-electron chi connectivity index (χ3n) is 6.62. The van der Waals surface area contributed by atoms with Gasteiger partial charge in [-0.1, -0.05) is 43.2 Å². The fourth-order valence-corrected chi connectivity index (χ4v) is 4.88. The van der Waals surface area contributed by atoms with Gasteiger partial charge in [-0.3, -0.25) is 4.99 Å². The van der Waals surface area contributed by atoms with E-state index in [1.54, 1.807) is 0 Å². The van der Waals surface area contributed by atoms with Gasteiger partial charge in [-0.15, -0.1) is 24.0 Å². The fourth-order valence-electron chi connectivity index (χ4n) is 4.88. The van der Waals surface area contributed by atoms with Crippen LogP contribution in [0, 0.1) is 5.92 Å². The molecule has 3 fully saturated rings. The van der Waals surface area contributed by atoms with Crippen LogP contribution in [0.2, 0.25) is 0 Å². The van der Waals surface area contributed by atoms with Crippen LogP contribution >= 0.6 is 24.0 Å². The molecular formula is C22H35IN4. The molecule has 0 spiro atoms. The molecule has 0 aromatic heterocycles. The Morgan fingerprint density at radius 1 is 1.07 bits per heavy atom. The molecule has 4 nitrogen and oxygen atoms in total. The van der Waals surface area contributed by atoms with E-state index in [0.29, 0.717) is 6.04 Å². The SMILES string of the molecule is CN=C(NCC1CC1c1ccccc1)NC1CCN(C2CCCC2)CC1.I. The maximum absolute atomic E-state index is 4.46. The second-order valence-electron chi connectivity index (χ2n) is 8.36. The molecule has 150 valence electrons. The third-order valence-corrected chi connectivity index (χ3v) is 6.62. The lowest BCUT2D eigenvalue weighted by Crippen LogP contribution is -2.50. The summed E-state index contributed by atoms with van der Waals surface area (Å²) in [6, 6.07) is 12.4. The molecule has 1 aliphatic heterocycles. The molecule has 1 saturated heterocycles. The number of piperidine rings is 1. The van der Waals surface area contributed by atoms with Crippen molar-refractivity contribution in [2.75, 3.05) is 26.7 Å². The maximum Gasteiger partial charge on any atom is 0.191 e. The molecule has 1 aromatic rings. The van der Waals surface area contributed by atoms with Crippen molar-refractivity contribution in [2.24, 2.45) is 10.9 Å². The molecule has 4 rings (SSSR count). The predicted octanol–water partition coefficient (Wildman–Crippen LogP) is 3.98. The van der Waals surface area contributed by atoms with E-state index in [4.69, 9.17) is 0 Å². The summed E-state index contributed by atoms with van der Waals surface area (Å²) in [6.45, 7) is 3.52. The Balaban J connectivity index is 0.00000210. The first-order chi connectivity index (χ1) is 12.8. The zero-order valence-corrected chi connectivity index (χ0v) is 18.9. The molecular weight excluding hydrogens is 447 g/mol. The summed E-state index contributed by atoms with van der Waals surface area (Å²) in [5, 5.41) is 7.24. The van der Waals surface area contributed by atoms with Gasteiger partial charge in [0.05, 0.1) is 0 Å². The van der Waals surface area contributed by atoms with Crippen LogP contribution in [0.4, 0.5) is 0 Å². The maximum atomic E-state index is 4.46. The second-order valence-corrected chi connectivity index (χ2v) is 8.36. The minimum Gasteiger partial charge on any atom is -0.356 e. The highest BCUT2D eigenvalue weighted by atomic mass is 127. The van der Waals surface area contributed by atoms with Crippen molar-refractivity contribution in [1.82, 2.24) is 15.5 Å². The van der Waals surface area contributed by atoms with E-state index in [9.17, 15) is 0 Å². The van der Waals surface area contributed by atoms with Crippen LogP contribution in [0.3, 0.4) is 0 Å². The quantitative estimate of drug-likeness (QED) is 0.379. The average Bonchev–Trinajstić information content (AvgIpc) is 3.27. The van der Waals surface area contributed by atoms with Crippen molar-refractivity contribution in [1.29, 1.82) is 0 Å². The van der Waals surface area contributed by atoms with Crippen molar-refractivity contribution >= 4 is 29.9 Å². The zero-order valence-electron chi connectivity index (χ0n) is 16.6. The van der Waals surface area contributed by atoms with E-state index in [1.165, 1.54) is 63.6 Å². The van der Waals surface area contributed by atoms with Crippen LogP contribution in [-0.4, -0.2) is 49.6 Å². The van der Waals surface area contributed by atoms with Crippen molar-refractivity contribution in [3.8, 4) is 0 Å². The van der Waals surface area contributed by atoms with E-state index in [1.807, 2.05) is 7.05 Å². The molecule has 27 heavy (non-hydrogen) atoms. The van der Waals surface area contributed by atoms with Gasteiger partial charge in [0.1, 0.15) is 0 Å². The number of likely N-dealkylation sites (tertiary alicyclic amines) is 1. The van der Waals surface area contributed by atoms with E-state index in [-0.39, 0.29) is 24.0 Å². The minimum absolute atomic E-state index is 0. The molecule has 2 aliphatic carbocycles. The van der Waals surface area contributed by atoms with Crippen LogP contribution in [0.15, 0.2) is 35.3 Å². The Morgan fingerprint density at radius 2 is 1.78 bits per heavy atom. The number of hydrogen-bond donors (Lipinski definition) is 2. The molecule has 5 heteroatoms. The number of nitrogens with one attached hydrogen (secondary N) is 2. The molecule has 0 bridgehead atoms. The Kier molecular flexibility index (Phi) is 7.82. The topological polar surface area (TPSA) is 39.7 Å². The number of halogens is 1. The van der Waals surface area contributed by atoms with Crippen LogP contribution in [0.5, 0.6) is 0 Å². The summed E-state index contributed by atoms with van der Waals surface area (Å²) in [5.41, 5.74) is 1.49. The Labute approximate surface area is 181 Å². The van der Waals surface area contributed by atoms with Crippen LogP contribution in [-0.2, 0) is 0 Å². The molecule has 2 atom stereocenters. The summed E-state index contributed by atoms with van der Waals surface area (Å²) in [7, 11) is 1.89. The van der Waals surface area contributed by atoms with E-state index in [2.05, 4.69) is 50.9 Å². The Bertz CT molecular complexity index is 592. The van der Waals surface area contributed by atoms with Crippen LogP contribution < -0.4 is 10.6 Å². The van der Waals surface area contributed by atoms with E-state index in [0.717, 1.165) is 30.4 Å². The van der Waals surface area contributed by atoms with E-state index < -0.39 is 0 Å². The minimum atomic E-state index is 0. The molecule has 3 aliphatic rings. The highest BCUT2D eigenvalue weighted by Gasteiger charge is 2.38. The molecule has 1 heterocycles. The molecule has 1 aromatic carbocycles. The fraction of sp³-hybridized carbons (Fsp3) is 0.682. The smallest absolute Gasteiger partial charge is 0.191 e. The third kappa shape index (κ3) is 5.59. The standard InChI is InChI=1S/C22H34N4.HI/c1-23-22(24-16-18-15-21(18)17-7-3-2-4-8-17)25-19-11-13-26(14-12-19)20-9-5-6-10-20;/h2-4,7-8,18-21H,5-6,9-16H2,1H3,(H2,23,24,25);1H.